The highest BCUT2D eigenvalue weighted by Gasteiger charge is 2.21. The predicted octanol–water partition coefficient (Wildman–Crippen LogP) is 2.62. The number of carbonyl (C=O) groups is 1. The van der Waals surface area contributed by atoms with Crippen LogP contribution in [0.15, 0.2) is 65.7 Å². The molecular formula is C23H23N5O2. The van der Waals surface area contributed by atoms with E-state index >= 15 is 0 Å². The van der Waals surface area contributed by atoms with E-state index in [0.717, 1.165) is 24.0 Å². The van der Waals surface area contributed by atoms with Crippen LogP contribution in [-0.2, 0) is 11.3 Å². The number of aromatic nitrogens is 3. The lowest BCUT2D eigenvalue weighted by atomic mass is 10.2. The van der Waals surface area contributed by atoms with Crippen LogP contribution in [0.5, 0.6) is 0 Å². The third-order valence-corrected chi connectivity index (χ3v) is 5.80. The van der Waals surface area contributed by atoms with E-state index in [2.05, 4.69) is 27.0 Å². The first-order valence-corrected chi connectivity index (χ1v) is 10.2. The van der Waals surface area contributed by atoms with Crippen LogP contribution in [0.2, 0.25) is 0 Å². The molecule has 30 heavy (non-hydrogen) atoms. The minimum atomic E-state index is -0.141. The van der Waals surface area contributed by atoms with E-state index in [1.807, 2.05) is 47.4 Å². The fourth-order valence-electron chi connectivity index (χ4n) is 4.13. The zero-order valence-corrected chi connectivity index (χ0v) is 16.6. The van der Waals surface area contributed by atoms with Gasteiger partial charge in [-0.05, 0) is 18.2 Å². The summed E-state index contributed by atoms with van der Waals surface area (Å²) in [7, 11) is 0. The number of hydrogen-bond acceptors (Lipinski definition) is 4. The van der Waals surface area contributed by atoms with Gasteiger partial charge in [0.1, 0.15) is 11.0 Å². The quantitative estimate of drug-likeness (QED) is 0.571. The molecule has 1 aliphatic heterocycles. The maximum absolute atomic E-state index is 12.8. The van der Waals surface area contributed by atoms with E-state index in [0.29, 0.717) is 37.1 Å². The summed E-state index contributed by atoms with van der Waals surface area (Å²) in [4.78, 5) is 37.3. The Balaban J connectivity index is 1.24. The molecule has 0 aliphatic carbocycles. The highest BCUT2D eigenvalue weighted by molar-refractivity contribution is 6.04. The van der Waals surface area contributed by atoms with Crippen molar-refractivity contribution in [3.8, 4) is 0 Å². The molecule has 0 spiro atoms. The van der Waals surface area contributed by atoms with Gasteiger partial charge >= 0.3 is 0 Å². The Labute approximate surface area is 173 Å². The number of fused-ring (bicyclic) bond motifs is 3. The van der Waals surface area contributed by atoms with Gasteiger partial charge in [0.05, 0.1) is 6.33 Å². The van der Waals surface area contributed by atoms with Crippen LogP contribution >= 0.6 is 0 Å². The van der Waals surface area contributed by atoms with Crippen LogP contribution in [0.3, 0.4) is 0 Å². The SMILES string of the molecule is O=C(CCn1cnc2c([nH]c3ccccc32)c1=O)N1CCN(c2ccccc2)CC1. The van der Waals surface area contributed by atoms with Gasteiger partial charge in [0, 0.05) is 55.7 Å². The number of para-hydroxylation sites is 2. The summed E-state index contributed by atoms with van der Waals surface area (Å²) >= 11 is 0. The number of rotatable bonds is 4. The van der Waals surface area contributed by atoms with E-state index in [4.69, 9.17) is 0 Å². The van der Waals surface area contributed by atoms with Gasteiger partial charge < -0.3 is 14.8 Å². The van der Waals surface area contributed by atoms with Crippen molar-refractivity contribution in [1.82, 2.24) is 19.4 Å². The molecule has 152 valence electrons. The summed E-state index contributed by atoms with van der Waals surface area (Å²) in [5.74, 6) is 0.0753. The predicted molar refractivity (Wildman–Crippen MR) is 118 cm³/mol. The lowest BCUT2D eigenvalue weighted by molar-refractivity contribution is -0.131. The molecule has 4 aromatic rings. The van der Waals surface area contributed by atoms with Gasteiger partial charge in [0.25, 0.3) is 5.56 Å². The van der Waals surface area contributed by atoms with Gasteiger partial charge in [0.2, 0.25) is 5.91 Å². The molecular weight excluding hydrogens is 378 g/mol. The Morgan fingerprint density at radius 3 is 2.50 bits per heavy atom. The third kappa shape index (κ3) is 3.32. The summed E-state index contributed by atoms with van der Waals surface area (Å²) in [6.45, 7) is 3.36. The Bertz CT molecular complexity index is 1250. The molecule has 0 radical (unpaired) electrons. The normalized spacial score (nSPS) is 14.5. The molecule has 1 aliphatic rings. The van der Waals surface area contributed by atoms with Crippen LogP contribution in [0, 0.1) is 0 Å². The van der Waals surface area contributed by atoms with Crippen molar-refractivity contribution in [2.45, 2.75) is 13.0 Å². The second-order valence-electron chi connectivity index (χ2n) is 7.59. The molecule has 1 N–H and O–H groups in total. The number of carbonyl (C=O) groups excluding carboxylic acids is 1. The monoisotopic (exact) mass is 401 g/mol. The molecule has 3 heterocycles. The van der Waals surface area contributed by atoms with E-state index in [-0.39, 0.29) is 11.5 Å². The standard InChI is InChI=1S/C23H23N5O2/c29-20(27-14-12-26(13-15-27)17-6-2-1-3-7-17)10-11-28-16-24-21-18-8-4-5-9-19(18)25-22(21)23(28)30/h1-9,16,25H,10-15H2. The van der Waals surface area contributed by atoms with Crippen LogP contribution in [0.1, 0.15) is 6.42 Å². The maximum atomic E-state index is 12.8. The number of H-pyrrole nitrogens is 1. The molecule has 7 heteroatoms. The second kappa shape index (κ2) is 7.67. The van der Waals surface area contributed by atoms with Gasteiger partial charge in [-0.1, -0.05) is 36.4 Å². The summed E-state index contributed by atoms with van der Waals surface area (Å²) < 4.78 is 1.52. The van der Waals surface area contributed by atoms with Crippen molar-refractivity contribution in [3.63, 3.8) is 0 Å². The van der Waals surface area contributed by atoms with Crippen molar-refractivity contribution in [2.24, 2.45) is 0 Å². The number of piperazine rings is 1. The first-order chi connectivity index (χ1) is 14.7. The number of benzene rings is 2. The minimum Gasteiger partial charge on any atom is -0.368 e. The Kier molecular flexibility index (Phi) is 4.71. The number of aryl methyl sites for hydroxylation is 1. The smallest absolute Gasteiger partial charge is 0.277 e. The number of amides is 1. The van der Waals surface area contributed by atoms with E-state index in [1.54, 1.807) is 6.33 Å². The molecule has 0 bridgehead atoms. The van der Waals surface area contributed by atoms with Crippen molar-refractivity contribution >= 4 is 33.5 Å². The second-order valence-corrected chi connectivity index (χ2v) is 7.59. The third-order valence-electron chi connectivity index (χ3n) is 5.80. The number of anilines is 1. The van der Waals surface area contributed by atoms with Crippen molar-refractivity contribution in [3.05, 3.63) is 71.3 Å². The van der Waals surface area contributed by atoms with Gasteiger partial charge in [-0.3, -0.25) is 14.2 Å². The number of hydrogen-bond donors (Lipinski definition) is 1. The molecule has 0 saturated carbocycles. The molecule has 0 atom stereocenters. The maximum Gasteiger partial charge on any atom is 0.277 e. The number of aromatic amines is 1. The lowest BCUT2D eigenvalue weighted by Gasteiger charge is -2.36. The molecule has 1 amide bonds. The zero-order valence-electron chi connectivity index (χ0n) is 16.6. The van der Waals surface area contributed by atoms with Crippen LogP contribution in [-0.4, -0.2) is 51.5 Å². The van der Waals surface area contributed by atoms with Crippen molar-refractivity contribution in [1.29, 1.82) is 0 Å². The molecule has 7 nitrogen and oxygen atoms in total. The average Bonchev–Trinajstić information content (AvgIpc) is 3.19. The van der Waals surface area contributed by atoms with Gasteiger partial charge in [-0.15, -0.1) is 0 Å². The molecule has 0 unspecified atom stereocenters. The fourth-order valence-corrected chi connectivity index (χ4v) is 4.13. The topological polar surface area (TPSA) is 74.2 Å². The molecule has 2 aromatic carbocycles. The Morgan fingerprint density at radius 1 is 0.967 bits per heavy atom. The molecule has 5 rings (SSSR count). The number of nitrogens with zero attached hydrogens (tertiary/aromatic N) is 4. The van der Waals surface area contributed by atoms with E-state index < -0.39 is 0 Å². The zero-order chi connectivity index (χ0) is 20.5. The first-order valence-electron chi connectivity index (χ1n) is 10.2. The van der Waals surface area contributed by atoms with Crippen molar-refractivity contribution < 1.29 is 4.79 Å². The Morgan fingerprint density at radius 2 is 1.70 bits per heavy atom. The molecule has 2 aromatic heterocycles. The highest BCUT2D eigenvalue weighted by atomic mass is 16.2. The average molecular weight is 401 g/mol. The van der Waals surface area contributed by atoms with Gasteiger partial charge in [-0.25, -0.2) is 4.98 Å². The van der Waals surface area contributed by atoms with E-state index in [9.17, 15) is 9.59 Å². The summed E-state index contributed by atoms with van der Waals surface area (Å²) in [6.07, 6.45) is 1.84. The van der Waals surface area contributed by atoms with Gasteiger partial charge in [0.15, 0.2) is 0 Å². The lowest BCUT2D eigenvalue weighted by Crippen LogP contribution is -2.49. The van der Waals surface area contributed by atoms with Crippen LogP contribution in [0.4, 0.5) is 5.69 Å². The minimum absolute atomic E-state index is 0.0753. The van der Waals surface area contributed by atoms with Crippen LogP contribution in [0.25, 0.3) is 21.9 Å². The van der Waals surface area contributed by atoms with Crippen molar-refractivity contribution in [2.75, 3.05) is 31.1 Å². The van der Waals surface area contributed by atoms with Crippen LogP contribution < -0.4 is 10.5 Å². The fraction of sp³-hybridized carbons (Fsp3) is 0.261. The Hall–Kier alpha value is -3.61. The molecule has 1 saturated heterocycles. The summed E-state index contributed by atoms with van der Waals surface area (Å²) in [5.41, 5.74) is 3.10. The van der Waals surface area contributed by atoms with Gasteiger partial charge in [-0.2, -0.15) is 0 Å². The summed E-state index contributed by atoms with van der Waals surface area (Å²) in [5, 5.41) is 0.934. The molecule has 1 fully saturated rings. The number of nitrogens with one attached hydrogen (secondary N) is 1. The largest absolute Gasteiger partial charge is 0.368 e. The van der Waals surface area contributed by atoms with E-state index in [1.165, 1.54) is 10.3 Å². The summed E-state index contributed by atoms with van der Waals surface area (Å²) in [6, 6.07) is 18.0. The highest BCUT2D eigenvalue weighted by Crippen LogP contribution is 2.20. The first kappa shape index (κ1) is 18.4.